The summed E-state index contributed by atoms with van der Waals surface area (Å²) < 4.78 is 9.35. The van der Waals surface area contributed by atoms with Gasteiger partial charge in [-0.3, -0.25) is 4.79 Å². The van der Waals surface area contributed by atoms with Crippen molar-refractivity contribution in [1.29, 1.82) is 0 Å². The topological polar surface area (TPSA) is 64.1 Å². The fraction of sp³-hybridized carbons (Fsp3) is 0.667. The molecule has 82 valence electrons. The van der Waals surface area contributed by atoms with Gasteiger partial charge in [-0.15, -0.1) is 0 Å². The first kappa shape index (κ1) is 10.5. The molecular weight excluding hydrogens is 214 g/mol. The molecule has 0 spiro atoms. The van der Waals surface area contributed by atoms with Crippen molar-refractivity contribution in [3.63, 3.8) is 0 Å². The third-order valence-electron chi connectivity index (χ3n) is 2.24. The largest absolute Gasteiger partial charge is 0.376 e. The molecule has 0 aromatic carbocycles. The lowest BCUT2D eigenvalue weighted by molar-refractivity contribution is 0.0857. The van der Waals surface area contributed by atoms with E-state index in [1.807, 2.05) is 0 Å². The summed E-state index contributed by atoms with van der Waals surface area (Å²) in [6.07, 6.45) is 2.27. The predicted octanol–water partition coefficient (Wildman–Crippen LogP) is 0.755. The van der Waals surface area contributed by atoms with Crippen LogP contribution < -0.4 is 5.32 Å². The van der Waals surface area contributed by atoms with Crippen LogP contribution >= 0.6 is 11.5 Å². The third-order valence-corrected chi connectivity index (χ3v) is 3.04. The Hall–Kier alpha value is -1.01. The van der Waals surface area contributed by atoms with Crippen LogP contribution in [0.1, 0.15) is 28.5 Å². The Morgan fingerprint density at radius 2 is 2.60 bits per heavy atom. The van der Waals surface area contributed by atoms with Crippen LogP contribution in [0.2, 0.25) is 0 Å². The molecule has 1 aliphatic rings. The van der Waals surface area contributed by atoms with E-state index < -0.39 is 0 Å². The molecule has 1 N–H and O–H groups in total. The second-order valence-corrected chi connectivity index (χ2v) is 4.24. The fourth-order valence-electron chi connectivity index (χ4n) is 1.48. The van der Waals surface area contributed by atoms with Crippen LogP contribution in [0.15, 0.2) is 0 Å². The minimum atomic E-state index is -0.156. The van der Waals surface area contributed by atoms with Gasteiger partial charge < -0.3 is 10.1 Å². The zero-order valence-corrected chi connectivity index (χ0v) is 9.34. The van der Waals surface area contributed by atoms with Crippen molar-refractivity contribution >= 4 is 17.4 Å². The molecule has 0 aliphatic carbocycles. The van der Waals surface area contributed by atoms with Crippen LogP contribution in [0, 0.1) is 6.92 Å². The maximum Gasteiger partial charge on any atom is 0.281 e. The summed E-state index contributed by atoms with van der Waals surface area (Å²) >= 11 is 1.13. The summed E-state index contributed by atoms with van der Waals surface area (Å²) in [5.74, 6) is 0.485. The molecule has 0 bridgehead atoms. The van der Waals surface area contributed by atoms with E-state index in [0.29, 0.717) is 17.4 Å². The van der Waals surface area contributed by atoms with Gasteiger partial charge in [-0.25, -0.2) is 4.98 Å². The average Bonchev–Trinajstić information content (AvgIpc) is 2.84. The number of hydrogen-bond acceptors (Lipinski definition) is 5. The Morgan fingerprint density at radius 3 is 3.20 bits per heavy atom. The van der Waals surface area contributed by atoms with E-state index >= 15 is 0 Å². The van der Waals surface area contributed by atoms with Crippen molar-refractivity contribution in [3.8, 4) is 0 Å². The van der Waals surface area contributed by atoms with Crippen LogP contribution in [0.4, 0.5) is 0 Å². The highest BCUT2D eigenvalue weighted by atomic mass is 32.1. The van der Waals surface area contributed by atoms with Gasteiger partial charge in [0.15, 0.2) is 0 Å². The van der Waals surface area contributed by atoms with Gasteiger partial charge in [0.2, 0.25) is 5.01 Å². The Morgan fingerprint density at radius 1 is 1.73 bits per heavy atom. The number of nitrogens with one attached hydrogen (secondary N) is 1. The standard InChI is InChI=1S/C9H13N3O2S/c1-6-11-9(15-12-6)8(13)10-5-7-3-2-4-14-7/h7H,2-5H2,1H3,(H,10,13)/t7-/m1/s1. The van der Waals surface area contributed by atoms with Crippen molar-refractivity contribution in [2.24, 2.45) is 0 Å². The Balaban J connectivity index is 1.81. The first-order chi connectivity index (χ1) is 7.25. The van der Waals surface area contributed by atoms with Gasteiger partial charge in [0, 0.05) is 13.2 Å². The summed E-state index contributed by atoms with van der Waals surface area (Å²) in [5, 5.41) is 3.22. The van der Waals surface area contributed by atoms with Crippen LogP contribution in [-0.4, -0.2) is 34.5 Å². The molecule has 0 unspecified atom stereocenters. The van der Waals surface area contributed by atoms with Crippen LogP contribution in [0.5, 0.6) is 0 Å². The van der Waals surface area contributed by atoms with Gasteiger partial charge in [0.1, 0.15) is 5.82 Å². The second kappa shape index (κ2) is 4.67. The SMILES string of the molecule is Cc1nsc(C(=O)NC[C@H]2CCCO2)n1. The maximum atomic E-state index is 11.6. The van der Waals surface area contributed by atoms with Crippen molar-refractivity contribution < 1.29 is 9.53 Å². The highest BCUT2D eigenvalue weighted by Crippen LogP contribution is 2.11. The number of nitrogens with zero attached hydrogens (tertiary/aromatic N) is 2. The van der Waals surface area contributed by atoms with Crippen LogP contribution in [0.25, 0.3) is 0 Å². The zero-order chi connectivity index (χ0) is 10.7. The second-order valence-electron chi connectivity index (χ2n) is 3.49. The summed E-state index contributed by atoms with van der Waals surface area (Å²) in [6, 6.07) is 0. The van der Waals surface area contributed by atoms with E-state index in [1.165, 1.54) is 0 Å². The van der Waals surface area contributed by atoms with Gasteiger partial charge in [-0.05, 0) is 31.3 Å². The molecule has 0 saturated carbocycles. The molecular formula is C9H13N3O2S. The smallest absolute Gasteiger partial charge is 0.281 e. The average molecular weight is 227 g/mol. The number of amides is 1. The molecule has 2 heterocycles. The number of carbonyl (C=O) groups excluding carboxylic acids is 1. The molecule has 1 aromatic rings. The molecule has 1 fully saturated rings. The molecule has 1 atom stereocenters. The summed E-state index contributed by atoms with van der Waals surface area (Å²) in [5.41, 5.74) is 0. The van der Waals surface area contributed by atoms with Gasteiger partial charge in [0.25, 0.3) is 5.91 Å². The molecule has 0 radical (unpaired) electrons. The van der Waals surface area contributed by atoms with E-state index in [0.717, 1.165) is 31.0 Å². The molecule has 1 aliphatic heterocycles. The minimum Gasteiger partial charge on any atom is -0.376 e. The lowest BCUT2D eigenvalue weighted by Crippen LogP contribution is -2.31. The quantitative estimate of drug-likeness (QED) is 0.827. The van der Waals surface area contributed by atoms with E-state index in [1.54, 1.807) is 6.92 Å². The van der Waals surface area contributed by atoms with Crippen LogP contribution in [0.3, 0.4) is 0 Å². The molecule has 2 rings (SSSR count). The van der Waals surface area contributed by atoms with Crippen LogP contribution in [-0.2, 0) is 4.74 Å². The van der Waals surface area contributed by atoms with Crippen molar-refractivity contribution in [1.82, 2.24) is 14.7 Å². The van der Waals surface area contributed by atoms with Crippen molar-refractivity contribution in [3.05, 3.63) is 10.8 Å². The number of hydrogen-bond donors (Lipinski definition) is 1. The molecule has 6 heteroatoms. The van der Waals surface area contributed by atoms with E-state index in [2.05, 4.69) is 14.7 Å². The highest BCUT2D eigenvalue weighted by Gasteiger charge is 2.17. The Kier molecular flexibility index (Phi) is 3.27. The molecule has 1 amide bonds. The Bertz CT molecular complexity index is 347. The lowest BCUT2D eigenvalue weighted by Gasteiger charge is -2.08. The van der Waals surface area contributed by atoms with Crippen molar-refractivity contribution in [2.75, 3.05) is 13.2 Å². The van der Waals surface area contributed by atoms with E-state index in [-0.39, 0.29) is 12.0 Å². The summed E-state index contributed by atoms with van der Waals surface area (Å²) in [4.78, 5) is 15.6. The predicted molar refractivity (Wildman–Crippen MR) is 56.0 cm³/mol. The first-order valence-corrected chi connectivity index (χ1v) is 5.73. The molecule has 5 nitrogen and oxygen atoms in total. The first-order valence-electron chi connectivity index (χ1n) is 4.96. The lowest BCUT2D eigenvalue weighted by atomic mass is 10.2. The van der Waals surface area contributed by atoms with Crippen molar-refractivity contribution in [2.45, 2.75) is 25.9 Å². The minimum absolute atomic E-state index is 0.156. The number of aromatic nitrogens is 2. The highest BCUT2D eigenvalue weighted by molar-refractivity contribution is 7.07. The van der Waals surface area contributed by atoms with Gasteiger partial charge in [-0.2, -0.15) is 4.37 Å². The van der Waals surface area contributed by atoms with E-state index in [9.17, 15) is 4.79 Å². The maximum absolute atomic E-state index is 11.6. The molecule has 1 aromatic heterocycles. The fourth-order valence-corrected chi connectivity index (χ4v) is 2.06. The molecule has 1 saturated heterocycles. The monoisotopic (exact) mass is 227 g/mol. The third kappa shape index (κ3) is 2.73. The van der Waals surface area contributed by atoms with Gasteiger partial charge in [-0.1, -0.05) is 0 Å². The number of rotatable bonds is 3. The zero-order valence-electron chi connectivity index (χ0n) is 8.52. The summed E-state index contributed by atoms with van der Waals surface area (Å²) in [7, 11) is 0. The number of carbonyl (C=O) groups is 1. The normalized spacial score (nSPS) is 20.5. The summed E-state index contributed by atoms with van der Waals surface area (Å²) in [6.45, 7) is 3.14. The number of aryl methyl sites for hydroxylation is 1. The molecule has 15 heavy (non-hydrogen) atoms. The van der Waals surface area contributed by atoms with E-state index in [4.69, 9.17) is 4.74 Å². The number of ether oxygens (including phenoxy) is 1. The van der Waals surface area contributed by atoms with Gasteiger partial charge >= 0.3 is 0 Å². The Labute approximate surface area is 92.0 Å². The van der Waals surface area contributed by atoms with Gasteiger partial charge in [0.05, 0.1) is 6.10 Å².